The molecule has 0 atom stereocenters. The van der Waals surface area contributed by atoms with Crippen molar-refractivity contribution >= 4 is 22.5 Å². The standard InChI is InChI=1S/C21H18ClF3N2/c22-18-5-8-26-20-4-2-15(12-17(18)20)16-3-1-14(11-19(16)23)13-27-9-6-21(24,25)7-10-27/h1-5,8,11-12H,6-7,9-10,13H2. The summed E-state index contributed by atoms with van der Waals surface area (Å²) in [4.78, 5) is 6.19. The highest BCUT2D eigenvalue weighted by atomic mass is 35.5. The fourth-order valence-electron chi connectivity index (χ4n) is 3.47. The van der Waals surface area contributed by atoms with E-state index in [-0.39, 0.29) is 18.7 Å². The van der Waals surface area contributed by atoms with Gasteiger partial charge in [0.25, 0.3) is 5.92 Å². The summed E-state index contributed by atoms with van der Waals surface area (Å²) in [6.45, 7) is 1.12. The van der Waals surface area contributed by atoms with Gasteiger partial charge in [-0.1, -0.05) is 29.8 Å². The summed E-state index contributed by atoms with van der Waals surface area (Å²) in [6, 6.07) is 12.2. The van der Waals surface area contributed by atoms with Gasteiger partial charge in [-0.25, -0.2) is 13.2 Å². The monoisotopic (exact) mass is 390 g/mol. The molecule has 1 aromatic heterocycles. The molecule has 2 aromatic carbocycles. The van der Waals surface area contributed by atoms with Crippen molar-refractivity contribution in [3.8, 4) is 11.1 Å². The van der Waals surface area contributed by atoms with Crippen molar-refractivity contribution in [1.82, 2.24) is 9.88 Å². The van der Waals surface area contributed by atoms with Crippen LogP contribution in [0, 0.1) is 5.82 Å². The van der Waals surface area contributed by atoms with Crippen molar-refractivity contribution in [1.29, 1.82) is 0 Å². The SMILES string of the molecule is Fc1cc(CN2CCC(F)(F)CC2)ccc1-c1ccc2nccc(Cl)c2c1. The highest BCUT2D eigenvalue weighted by Gasteiger charge is 2.33. The van der Waals surface area contributed by atoms with E-state index in [1.54, 1.807) is 18.3 Å². The number of nitrogens with zero attached hydrogens (tertiary/aromatic N) is 2. The molecule has 0 aliphatic carbocycles. The highest BCUT2D eigenvalue weighted by molar-refractivity contribution is 6.35. The second kappa shape index (κ2) is 7.13. The van der Waals surface area contributed by atoms with E-state index in [9.17, 15) is 13.2 Å². The van der Waals surface area contributed by atoms with Gasteiger partial charge in [0.05, 0.1) is 10.5 Å². The molecule has 1 aliphatic heterocycles. The van der Waals surface area contributed by atoms with E-state index in [0.717, 1.165) is 22.0 Å². The summed E-state index contributed by atoms with van der Waals surface area (Å²) in [5.74, 6) is -2.91. The molecule has 0 spiro atoms. The topological polar surface area (TPSA) is 16.1 Å². The molecule has 2 heterocycles. The lowest BCUT2D eigenvalue weighted by Crippen LogP contribution is -2.38. The van der Waals surface area contributed by atoms with Gasteiger partial charge in [0, 0.05) is 49.6 Å². The first-order valence-electron chi connectivity index (χ1n) is 8.85. The molecular formula is C21H18ClF3N2. The van der Waals surface area contributed by atoms with Gasteiger partial charge in [0.15, 0.2) is 0 Å². The number of hydrogen-bond acceptors (Lipinski definition) is 2. The number of hydrogen-bond donors (Lipinski definition) is 0. The Labute approximate surface area is 160 Å². The number of piperidine rings is 1. The summed E-state index contributed by atoms with van der Waals surface area (Å²) >= 11 is 6.22. The van der Waals surface area contributed by atoms with E-state index in [1.165, 1.54) is 6.07 Å². The average Bonchev–Trinajstić information content (AvgIpc) is 2.64. The van der Waals surface area contributed by atoms with E-state index < -0.39 is 5.92 Å². The molecule has 1 saturated heterocycles. The molecule has 0 amide bonds. The Morgan fingerprint density at radius 2 is 1.81 bits per heavy atom. The van der Waals surface area contributed by atoms with Crippen molar-refractivity contribution < 1.29 is 13.2 Å². The number of halogens is 4. The molecule has 0 unspecified atom stereocenters. The zero-order chi connectivity index (χ0) is 19.0. The third-order valence-electron chi connectivity index (χ3n) is 5.03. The van der Waals surface area contributed by atoms with Gasteiger partial charge in [-0.05, 0) is 35.4 Å². The Hall–Kier alpha value is -2.11. The normalized spacial score (nSPS) is 17.3. The van der Waals surface area contributed by atoms with Gasteiger partial charge < -0.3 is 0 Å². The summed E-state index contributed by atoms with van der Waals surface area (Å²) < 4.78 is 41.2. The van der Waals surface area contributed by atoms with Crippen LogP contribution in [0.4, 0.5) is 13.2 Å². The van der Waals surface area contributed by atoms with Crippen LogP contribution in [-0.2, 0) is 6.54 Å². The number of pyridine rings is 1. The van der Waals surface area contributed by atoms with Crippen molar-refractivity contribution in [2.75, 3.05) is 13.1 Å². The minimum absolute atomic E-state index is 0.139. The maximum atomic E-state index is 14.7. The predicted molar refractivity (Wildman–Crippen MR) is 102 cm³/mol. The summed E-state index contributed by atoms with van der Waals surface area (Å²) in [5.41, 5.74) is 2.73. The Bertz CT molecular complexity index is 980. The fraction of sp³-hybridized carbons (Fsp3) is 0.286. The lowest BCUT2D eigenvalue weighted by atomic mass is 10.0. The van der Waals surface area contributed by atoms with Crippen LogP contribution in [0.1, 0.15) is 18.4 Å². The Morgan fingerprint density at radius 3 is 2.56 bits per heavy atom. The van der Waals surface area contributed by atoms with Crippen LogP contribution in [0.5, 0.6) is 0 Å². The van der Waals surface area contributed by atoms with Crippen molar-refractivity contribution in [2.24, 2.45) is 0 Å². The third kappa shape index (κ3) is 3.94. The molecule has 4 rings (SSSR count). The van der Waals surface area contributed by atoms with E-state index >= 15 is 0 Å². The largest absolute Gasteiger partial charge is 0.299 e. The van der Waals surface area contributed by atoms with Crippen LogP contribution in [-0.4, -0.2) is 28.9 Å². The van der Waals surface area contributed by atoms with Gasteiger partial charge in [-0.15, -0.1) is 0 Å². The zero-order valence-corrected chi connectivity index (χ0v) is 15.3. The maximum Gasteiger partial charge on any atom is 0.250 e. The molecular weight excluding hydrogens is 373 g/mol. The van der Waals surface area contributed by atoms with Crippen LogP contribution < -0.4 is 0 Å². The lowest BCUT2D eigenvalue weighted by molar-refractivity contribution is -0.0566. The summed E-state index contributed by atoms with van der Waals surface area (Å²) in [7, 11) is 0. The molecule has 2 nitrogen and oxygen atoms in total. The minimum atomic E-state index is -2.57. The lowest BCUT2D eigenvalue weighted by Gasteiger charge is -2.31. The van der Waals surface area contributed by atoms with Crippen molar-refractivity contribution in [3.63, 3.8) is 0 Å². The molecule has 0 N–H and O–H groups in total. The summed E-state index contributed by atoms with van der Waals surface area (Å²) in [5, 5.41) is 1.34. The first kappa shape index (κ1) is 18.3. The van der Waals surface area contributed by atoms with Crippen LogP contribution >= 0.6 is 11.6 Å². The number of aromatic nitrogens is 1. The average molecular weight is 391 g/mol. The van der Waals surface area contributed by atoms with Gasteiger partial charge in [0.2, 0.25) is 0 Å². The van der Waals surface area contributed by atoms with Gasteiger partial charge in [-0.3, -0.25) is 9.88 Å². The zero-order valence-electron chi connectivity index (χ0n) is 14.6. The molecule has 3 aromatic rings. The number of fused-ring (bicyclic) bond motifs is 1. The predicted octanol–water partition coefficient (Wildman–Crippen LogP) is 5.93. The van der Waals surface area contributed by atoms with Crippen molar-refractivity contribution in [2.45, 2.75) is 25.3 Å². The van der Waals surface area contributed by atoms with Gasteiger partial charge in [0.1, 0.15) is 5.82 Å². The molecule has 0 bridgehead atoms. The number of benzene rings is 2. The minimum Gasteiger partial charge on any atom is -0.299 e. The molecule has 1 aliphatic rings. The smallest absolute Gasteiger partial charge is 0.250 e. The maximum absolute atomic E-state index is 14.7. The van der Waals surface area contributed by atoms with Crippen LogP contribution in [0.2, 0.25) is 5.02 Å². The van der Waals surface area contributed by atoms with Crippen molar-refractivity contribution in [3.05, 3.63) is 65.1 Å². The Morgan fingerprint density at radius 1 is 1.04 bits per heavy atom. The van der Waals surface area contributed by atoms with Gasteiger partial charge in [-0.2, -0.15) is 0 Å². The molecule has 27 heavy (non-hydrogen) atoms. The molecule has 1 fully saturated rings. The van der Waals surface area contributed by atoms with Crippen LogP contribution in [0.15, 0.2) is 48.7 Å². The second-order valence-electron chi connectivity index (χ2n) is 6.97. The first-order valence-corrected chi connectivity index (χ1v) is 9.22. The van der Waals surface area contributed by atoms with E-state index in [1.807, 2.05) is 29.2 Å². The van der Waals surface area contributed by atoms with Gasteiger partial charge >= 0.3 is 0 Å². The fourth-order valence-corrected chi connectivity index (χ4v) is 3.68. The summed E-state index contributed by atoms with van der Waals surface area (Å²) in [6.07, 6.45) is 1.36. The third-order valence-corrected chi connectivity index (χ3v) is 5.36. The Balaban J connectivity index is 1.56. The highest BCUT2D eigenvalue weighted by Crippen LogP contribution is 2.31. The molecule has 140 valence electrons. The quantitative estimate of drug-likeness (QED) is 0.551. The van der Waals surface area contributed by atoms with E-state index in [4.69, 9.17) is 11.6 Å². The Kier molecular flexibility index (Phi) is 4.82. The van der Waals surface area contributed by atoms with Crippen LogP contribution in [0.3, 0.4) is 0 Å². The number of alkyl halides is 2. The first-order chi connectivity index (χ1) is 12.9. The number of likely N-dealkylation sites (tertiary alicyclic amines) is 1. The van der Waals surface area contributed by atoms with E-state index in [2.05, 4.69) is 4.98 Å². The number of rotatable bonds is 3. The van der Waals surface area contributed by atoms with E-state index in [0.29, 0.717) is 30.2 Å². The molecule has 0 saturated carbocycles. The molecule has 6 heteroatoms. The molecule has 0 radical (unpaired) electrons. The van der Waals surface area contributed by atoms with Crippen LogP contribution in [0.25, 0.3) is 22.0 Å². The second-order valence-corrected chi connectivity index (χ2v) is 7.38.